The third-order valence-electron chi connectivity index (χ3n) is 7.44. The minimum absolute atomic E-state index is 0.931. The van der Waals surface area contributed by atoms with Crippen molar-refractivity contribution in [3.05, 3.63) is 121 Å². The van der Waals surface area contributed by atoms with Crippen LogP contribution < -0.4 is 0 Å². The van der Waals surface area contributed by atoms with Crippen LogP contribution in [0.15, 0.2) is 126 Å². The zero-order valence-corrected chi connectivity index (χ0v) is 19.0. The maximum Gasteiger partial charge on any atom is 0.136 e. The fourth-order valence-electron chi connectivity index (χ4n) is 5.82. The van der Waals surface area contributed by atoms with Gasteiger partial charge in [-0.25, -0.2) is 0 Å². The van der Waals surface area contributed by atoms with Crippen LogP contribution in [0.25, 0.3) is 76.5 Å². The fourth-order valence-corrected chi connectivity index (χ4v) is 5.82. The lowest BCUT2D eigenvalue weighted by molar-refractivity contribution is 0.669. The Kier molecular flexibility index (Phi) is 3.72. The molecule has 0 saturated heterocycles. The summed E-state index contributed by atoms with van der Waals surface area (Å²) in [5, 5.41) is 10.1. The van der Waals surface area contributed by atoms with Crippen LogP contribution in [0.2, 0.25) is 0 Å². The van der Waals surface area contributed by atoms with Crippen LogP contribution >= 0.6 is 0 Å². The van der Waals surface area contributed by atoms with Gasteiger partial charge < -0.3 is 4.42 Å². The van der Waals surface area contributed by atoms with Crippen LogP contribution in [0.5, 0.6) is 0 Å². The van der Waals surface area contributed by atoms with Crippen molar-refractivity contribution >= 4 is 54.3 Å². The van der Waals surface area contributed by atoms with Gasteiger partial charge in [0.2, 0.25) is 0 Å². The standard InChI is InChI=1S/C34H20O/c1-2-6-21(7-3-1)25-15-12-22-10-11-23-13-16-26(30-19-18-29(25)33(22)34(23)30)24-14-17-28-27-8-4-5-9-31(27)35-32(28)20-24/h1-20H. The maximum atomic E-state index is 6.20. The molecule has 162 valence electrons. The zero-order valence-electron chi connectivity index (χ0n) is 19.0. The molecule has 0 amide bonds. The normalized spacial score (nSPS) is 12.0. The molecule has 1 aromatic heterocycles. The molecule has 0 aliphatic rings. The number of rotatable bonds is 2. The highest BCUT2D eigenvalue weighted by molar-refractivity contribution is 6.27. The molecule has 1 heterocycles. The Bertz CT molecular complexity index is 2040. The van der Waals surface area contributed by atoms with E-state index in [1.165, 1.54) is 54.6 Å². The Balaban J connectivity index is 1.43. The molecule has 0 radical (unpaired) electrons. The second-order valence-corrected chi connectivity index (χ2v) is 9.32. The molecule has 0 bridgehead atoms. The molecule has 0 aliphatic carbocycles. The molecule has 7 aromatic carbocycles. The number of fused-ring (bicyclic) bond motifs is 3. The lowest BCUT2D eigenvalue weighted by Crippen LogP contribution is -1.89. The van der Waals surface area contributed by atoms with E-state index in [9.17, 15) is 0 Å². The highest BCUT2D eigenvalue weighted by atomic mass is 16.3. The number of hydrogen-bond acceptors (Lipinski definition) is 1. The van der Waals surface area contributed by atoms with E-state index in [0.29, 0.717) is 0 Å². The molecule has 1 nitrogen and oxygen atoms in total. The Morgan fingerprint density at radius 3 is 1.69 bits per heavy atom. The Morgan fingerprint density at radius 2 is 0.943 bits per heavy atom. The van der Waals surface area contributed by atoms with Gasteiger partial charge in [-0.2, -0.15) is 0 Å². The van der Waals surface area contributed by atoms with Crippen LogP contribution in [-0.2, 0) is 0 Å². The van der Waals surface area contributed by atoms with Gasteiger partial charge in [0.1, 0.15) is 11.2 Å². The number of hydrogen-bond donors (Lipinski definition) is 0. The van der Waals surface area contributed by atoms with Crippen molar-refractivity contribution in [2.45, 2.75) is 0 Å². The van der Waals surface area contributed by atoms with Crippen molar-refractivity contribution in [1.82, 2.24) is 0 Å². The van der Waals surface area contributed by atoms with Crippen LogP contribution in [0.1, 0.15) is 0 Å². The summed E-state index contributed by atoms with van der Waals surface area (Å²) < 4.78 is 6.20. The summed E-state index contributed by atoms with van der Waals surface area (Å²) in [6.07, 6.45) is 0. The van der Waals surface area contributed by atoms with E-state index in [1.54, 1.807) is 0 Å². The molecule has 0 unspecified atom stereocenters. The molecule has 8 rings (SSSR count). The fraction of sp³-hybridized carbons (Fsp3) is 0. The van der Waals surface area contributed by atoms with Crippen LogP contribution in [-0.4, -0.2) is 0 Å². The van der Waals surface area contributed by atoms with Gasteiger partial charge in [-0.05, 0) is 72.8 Å². The van der Waals surface area contributed by atoms with E-state index in [0.717, 1.165) is 21.9 Å². The molecule has 0 spiro atoms. The van der Waals surface area contributed by atoms with Gasteiger partial charge in [0.05, 0.1) is 0 Å². The van der Waals surface area contributed by atoms with E-state index in [-0.39, 0.29) is 0 Å². The zero-order chi connectivity index (χ0) is 22.9. The van der Waals surface area contributed by atoms with Crippen LogP contribution in [0.4, 0.5) is 0 Å². The summed E-state index contributed by atoms with van der Waals surface area (Å²) in [5.41, 5.74) is 6.81. The second kappa shape index (κ2) is 6.94. The third kappa shape index (κ3) is 2.64. The summed E-state index contributed by atoms with van der Waals surface area (Å²) in [6, 6.07) is 43.7. The first-order valence-electron chi connectivity index (χ1n) is 12.0. The van der Waals surface area contributed by atoms with Crippen molar-refractivity contribution < 1.29 is 4.42 Å². The van der Waals surface area contributed by atoms with Crippen molar-refractivity contribution in [2.75, 3.05) is 0 Å². The van der Waals surface area contributed by atoms with Crippen molar-refractivity contribution in [3.8, 4) is 22.3 Å². The molecule has 0 saturated carbocycles. The minimum atomic E-state index is 0.931. The summed E-state index contributed by atoms with van der Waals surface area (Å²) in [5.74, 6) is 0. The Hall–Kier alpha value is -4.62. The van der Waals surface area contributed by atoms with E-state index in [2.05, 4.69) is 109 Å². The van der Waals surface area contributed by atoms with Gasteiger partial charge in [-0.1, -0.05) is 103 Å². The monoisotopic (exact) mass is 444 g/mol. The molecular formula is C34H20O. The summed E-state index contributed by atoms with van der Waals surface area (Å²) in [4.78, 5) is 0. The summed E-state index contributed by atoms with van der Waals surface area (Å²) in [7, 11) is 0. The minimum Gasteiger partial charge on any atom is -0.456 e. The smallest absolute Gasteiger partial charge is 0.136 e. The molecule has 0 aliphatic heterocycles. The third-order valence-corrected chi connectivity index (χ3v) is 7.44. The van der Waals surface area contributed by atoms with Gasteiger partial charge in [-0.15, -0.1) is 0 Å². The Labute approximate surface area is 202 Å². The first-order valence-corrected chi connectivity index (χ1v) is 12.0. The molecule has 35 heavy (non-hydrogen) atoms. The molecule has 0 fully saturated rings. The van der Waals surface area contributed by atoms with E-state index >= 15 is 0 Å². The van der Waals surface area contributed by atoms with Crippen LogP contribution in [0.3, 0.4) is 0 Å². The first-order chi connectivity index (χ1) is 17.3. The largest absolute Gasteiger partial charge is 0.456 e. The van der Waals surface area contributed by atoms with Crippen molar-refractivity contribution in [1.29, 1.82) is 0 Å². The maximum absolute atomic E-state index is 6.20. The molecular weight excluding hydrogens is 424 g/mol. The number of furan rings is 1. The summed E-state index contributed by atoms with van der Waals surface area (Å²) >= 11 is 0. The topological polar surface area (TPSA) is 13.1 Å². The number of benzene rings is 7. The summed E-state index contributed by atoms with van der Waals surface area (Å²) in [6.45, 7) is 0. The molecule has 0 atom stereocenters. The molecule has 0 N–H and O–H groups in total. The van der Waals surface area contributed by atoms with Crippen molar-refractivity contribution in [3.63, 3.8) is 0 Å². The Morgan fingerprint density at radius 1 is 0.371 bits per heavy atom. The lowest BCUT2D eigenvalue weighted by Gasteiger charge is -2.16. The molecule has 1 heteroatoms. The average Bonchev–Trinajstić information content (AvgIpc) is 3.30. The van der Waals surface area contributed by atoms with E-state index in [1.807, 2.05) is 12.1 Å². The lowest BCUT2D eigenvalue weighted by atomic mass is 9.87. The predicted octanol–water partition coefficient (Wildman–Crippen LogP) is 9.82. The van der Waals surface area contributed by atoms with Gasteiger partial charge in [-0.3, -0.25) is 0 Å². The van der Waals surface area contributed by atoms with Gasteiger partial charge in [0, 0.05) is 10.8 Å². The van der Waals surface area contributed by atoms with E-state index < -0.39 is 0 Å². The second-order valence-electron chi connectivity index (χ2n) is 9.32. The quantitative estimate of drug-likeness (QED) is 0.242. The van der Waals surface area contributed by atoms with Gasteiger partial charge in [0.15, 0.2) is 0 Å². The van der Waals surface area contributed by atoms with Gasteiger partial charge in [0.25, 0.3) is 0 Å². The number of para-hydroxylation sites is 1. The highest BCUT2D eigenvalue weighted by Gasteiger charge is 2.15. The first kappa shape index (κ1) is 18.8. The van der Waals surface area contributed by atoms with Crippen molar-refractivity contribution in [2.24, 2.45) is 0 Å². The predicted molar refractivity (Wildman–Crippen MR) is 148 cm³/mol. The van der Waals surface area contributed by atoms with Gasteiger partial charge >= 0.3 is 0 Å². The van der Waals surface area contributed by atoms with E-state index in [4.69, 9.17) is 4.42 Å². The molecule has 8 aromatic rings. The average molecular weight is 445 g/mol. The highest BCUT2D eigenvalue weighted by Crippen LogP contribution is 2.43. The van der Waals surface area contributed by atoms with Crippen LogP contribution in [0, 0.1) is 0 Å². The SMILES string of the molecule is c1ccc(-c2ccc3ccc4ccc(-c5ccc6c(c5)oc5ccccc56)c5ccc2c3c45)cc1.